The van der Waals surface area contributed by atoms with E-state index in [1.807, 2.05) is 6.20 Å². The van der Waals surface area contributed by atoms with E-state index in [-0.39, 0.29) is 11.6 Å². The molecule has 1 amide bonds. The van der Waals surface area contributed by atoms with Crippen LogP contribution >= 0.6 is 0 Å². The Balaban J connectivity index is 1.54. The summed E-state index contributed by atoms with van der Waals surface area (Å²) in [4.78, 5) is 12.1. The predicted molar refractivity (Wildman–Crippen MR) is 123 cm³/mol. The Morgan fingerprint density at radius 3 is 2.07 bits per heavy atom. The Morgan fingerprint density at radius 2 is 1.43 bits per heavy atom. The molecule has 0 heterocycles. The van der Waals surface area contributed by atoms with E-state index in [4.69, 9.17) is 17.4 Å². The molecule has 2 fully saturated rings. The summed E-state index contributed by atoms with van der Waals surface area (Å²) in [7, 11) is 0. The lowest BCUT2D eigenvalue weighted by molar-refractivity contribution is -0.117. The van der Waals surface area contributed by atoms with Gasteiger partial charge in [0.2, 0.25) is 0 Å². The number of allylic oxidation sites excluding steroid dienone is 1. The van der Waals surface area contributed by atoms with Gasteiger partial charge in [0.25, 0.3) is 5.91 Å². The van der Waals surface area contributed by atoms with Gasteiger partial charge in [0.15, 0.2) is 0 Å². The summed E-state index contributed by atoms with van der Waals surface area (Å²) < 4.78 is 0. The minimum Gasteiger partial charge on any atom is -0.393 e. The summed E-state index contributed by atoms with van der Waals surface area (Å²) in [5.41, 5.74) is 6.06. The van der Waals surface area contributed by atoms with Crippen LogP contribution in [0.2, 0.25) is 0 Å². The fourth-order valence-corrected chi connectivity index (χ4v) is 4.51. The SMILES string of the molecule is N/C(=C\N(N)CCCCN(N)/C=C/CC1CCCCC1)C(=O)NCC1CCCCC1. The van der Waals surface area contributed by atoms with Gasteiger partial charge in [-0.05, 0) is 43.9 Å². The molecule has 2 aliphatic carbocycles. The number of hydrogen-bond donors (Lipinski definition) is 4. The van der Waals surface area contributed by atoms with Crippen molar-refractivity contribution in [3.8, 4) is 0 Å². The molecule has 2 rings (SSSR count). The summed E-state index contributed by atoms with van der Waals surface area (Å²) in [5.74, 6) is 13.2. The summed E-state index contributed by atoms with van der Waals surface area (Å²) in [6.07, 6.45) is 21.8. The maximum Gasteiger partial charge on any atom is 0.268 e. The van der Waals surface area contributed by atoms with Crippen LogP contribution in [0, 0.1) is 11.8 Å². The zero-order chi connectivity index (χ0) is 21.6. The molecule has 172 valence electrons. The Hall–Kier alpha value is -1.73. The van der Waals surface area contributed by atoms with Crippen molar-refractivity contribution in [3.63, 3.8) is 0 Å². The average molecular weight is 421 g/mol. The van der Waals surface area contributed by atoms with E-state index >= 15 is 0 Å². The van der Waals surface area contributed by atoms with Gasteiger partial charge in [0.1, 0.15) is 5.70 Å². The first-order valence-electron chi connectivity index (χ1n) is 12.0. The predicted octanol–water partition coefficient (Wildman–Crippen LogP) is 3.10. The van der Waals surface area contributed by atoms with Gasteiger partial charge in [0.05, 0.1) is 0 Å². The zero-order valence-electron chi connectivity index (χ0n) is 18.7. The quantitative estimate of drug-likeness (QED) is 0.167. The highest BCUT2D eigenvalue weighted by Crippen LogP contribution is 2.26. The number of hydrogen-bond acceptors (Lipinski definition) is 6. The van der Waals surface area contributed by atoms with Gasteiger partial charge in [-0.3, -0.25) is 4.79 Å². The van der Waals surface area contributed by atoms with Crippen LogP contribution in [0.15, 0.2) is 24.2 Å². The lowest BCUT2D eigenvalue weighted by Gasteiger charge is -2.22. The van der Waals surface area contributed by atoms with E-state index in [9.17, 15) is 4.79 Å². The highest BCUT2D eigenvalue weighted by Gasteiger charge is 2.15. The second kappa shape index (κ2) is 14.3. The molecule has 2 aliphatic rings. The maximum absolute atomic E-state index is 12.1. The van der Waals surface area contributed by atoms with Crippen LogP contribution in [-0.2, 0) is 4.79 Å². The number of carbonyl (C=O) groups excluding carboxylic acids is 1. The third-order valence-electron chi connectivity index (χ3n) is 6.42. The van der Waals surface area contributed by atoms with E-state index in [0.717, 1.165) is 31.7 Å². The minimum absolute atomic E-state index is 0.166. The van der Waals surface area contributed by atoms with Crippen molar-refractivity contribution in [2.75, 3.05) is 19.6 Å². The standard InChI is InChI=1S/C23H44N6O/c24-22(23(30)27-18-21-12-5-2-6-13-21)19-29(26)16-8-7-15-28(25)17-9-14-20-10-3-1-4-11-20/h9,17,19-21H,1-8,10-16,18,24-26H2,(H,27,30)/b17-9+,22-19-. The molecule has 0 aromatic carbocycles. The molecule has 0 aliphatic heterocycles. The molecule has 0 saturated heterocycles. The van der Waals surface area contributed by atoms with Crippen LogP contribution in [-0.4, -0.2) is 35.6 Å². The molecule has 0 radical (unpaired) electrons. The van der Waals surface area contributed by atoms with E-state index in [1.54, 1.807) is 5.01 Å². The third kappa shape index (κ3) is 10.3. The second-order valence-corrected chi connectivity index (χ2v) is 9.11. The zero-order valence-corrected chi connectivity index (χ0v) is 18.7. The molecule has 7 N–H and O–H groups in total. The van der Waals surface area contributed by atoms with Crippen molar-refractivity contribution in [3.05, 3.63) is 24.2 Å². The number of nitrogens with one attached hydrogen (secondary N) is 1. The van der Waals surface area contributed by atoms with Crippen LogP contribution in [0.3, 0.4) is 0 Å². The molecular formula is C23H44N6O. The monoisotopic (exact) mass is 420 g/mol. The van der Waals surface area contributed by atoms with Crippen LogP contribution in [0.5, 0.6) is 0 Å². The van der Waals surface area contributed by atoms with Crippen molar-refractivity contribution in [1.29, 1.82) is 0 Å². The number of unbranched alkanes of at least 4 members (excludes halogenated alkanes) is 1. The van der Waals surface area contributed by atoms with Crippen LogP contribution in [0.25, 0.3) is 0 Å². The summed E-state index contributed by atoms with van der Waals surface area (Å²) in [6.45, 7) is 2.13. The van der Waals surface area contributed by atoms with E-state index in [2.05, 4.69) is 11.4 Å². The number of hydrazine groups is 2. The molecule has 0 spiro atoms. The molecule has 2 saturated carbocycles. The van der Waals surface area contributed by atoms with E-state index < -0.39 is 0 Å². The lowest BCUT2D eigenvalue weighted by atomic mass is 9.87. The highest BCUT2D eigenvalue weighted by molar-refractivity contribution is 5.92. The van der Waals surface area contributed by atoms with Crippen LogP contribution in [0.4, 0.5) is 0 Å². The Bertz CT molecular complexity index is 538. The average Bonchev–Trinajstić information content (AvgIpc) is 2.76. The van der Waals surface area contributed by atoms with E-state index in [1.165, 1.54) is 75.4 Å². The van der Waals surface area contributed by atoms with Gasteiger partial charge < -0.3 is 21.1 Å². The van der Waals surface area contributed by atoms with E-state index in [0.29, 0.717) is 19.0 Å². The van der Waals surface area contributed by atoms with Gasteiger partial charge >= 0.3 is 0 Å². The number of carbonyl (C=O) groups is 1. The number of nitrogens with two attached hydrogens (primary N) is 3. The first kappa shape index (κ1) is 24.5. The molecule has 0 bridgehead atoms. The first-order valence-corrected chi connectivity index (χ1v) is 12.0. The highest BCUT2D eigenvalue weighted by atomic mass is 16.2. The van der Waals surface area contributed by atoms with Crippen molar-refractivity contribution >= 4 is 5.91 Å². The largest absolute Gasteiger partial charge is 0.393 e. The van der Waals surface area contributed by atoms with Crippen LogP contribution < -0.4 is 22.7 Å². The molecule has 0 atom stereocenters. The van der Waals surface area contributed by atoms with Gasteiger partial charge in [0, 0.05) is 32.0 Å². The smallest absolute Gasteiger partial charge is 0.268 e. The molecular weight excluding hydrogens is 376 g/mol. The maximum atomic E-state index is 12.1. The molecule has 30 heavy (non-hydrogen) atoms. The van der Waals surface area contributed by atoms with Crippen molar-refractivity contribution < 1.29 is 4.79 Å². The first-order chi connectivity index (χ1) is 14.5. The Morgan fingerprint density at radius 1 is 0.867 bits per heavy atom. The normalized spacial score (nSPS) is 19.2. The molecule has 0 aromatic heterocycles. The summed E-state index contributed by atoms with van der Waals surface area (Å²) in [5, 5.41) is 6.19. The minimum atomic E-state index is -0.229. The van der Waals surface area contributed by atoms with Gasteiger partial charge in [-0.25, -0.2) is 11.7 Å². The fourth-order valence-electron chi connectivity index (χ4n) is 4.51. The molecule has 7 heteroatoms. The Kier molecular flexibility index (Phi) is 11.7. The van der Waals surface area contributed by atoms with Gasteiger partial charge in [-0.2, -0.15) is 0 Å². The van der Waals surface area contributed by atoms with Crippen molar-refractivity contribution in [2.24, 2.45) is 29.3 Å². The Labute approximate surface area is 183 Å². The topological polar surface area (TPSA) is 114 Å². The third-order valence-corrected chi connectivity index (χ3v) is 6.42. The van der Waals surface area contributed by atoms with Crippen LogP contribution in [0.1, 0.15) is 83.5 Å². The van der Waals surface area contributed by atoms with Crippen molar-refractivity contribution in [2.45, 2.75) is 83.5 Å². The van der Waals surface area contributed by atoms with Gasteiger partial charge in [-0.1, -0.05) is 57.4 Å². The number of amides is 1. The lowest BCUT2D eigenvalue weighted by Crippen LogP contribution is -2.36. The fraction of sp³-hybridized carbons (Fsp3) is 0.783. The molecule has 0 aromatic rings. The van der Waals surface area contributed by atoms with Crippen molar-refractivity contribution in [1.82, 2.24) is 15.3 Å². The second-order valence-electron chi connectivity index (χ2n) is 9.11. The molecule has 0 unspecified atom stereocenters. The number of rotatable bonds is 12. The molecule has 7 nitrogen and oxygen atoms in total. The summed E-state index contributed by atoms with van der Waals surface area (Å²) in [6, 6.07) is 0. The van der Waals surface area contributed by atoms with Gasteiger partial charge in [-0.15, -0.1) is 0 Å². The number of nitrogens with zero attached hydrogens (tertiary/aromatic N) is 2. The summed E-state index contributed by atoms with van der Waals surface area (Å²) >= 11 is 0.